The van der Waals surface area contributed by atoms with E-state index >= 15 is 0 Å². The molecule has 6 nitrogen and oxygen atoms in total. The summed E-state index contributed by atoms with van der Waals surface area (Å²) >= 11 is 0. The highest BCUT2D eigenvalue weighted by Crippen LogP contribution is 2.20. The summed E-state index contributed by atoms with van der Waals surface area (Å²) in [4.78, 5) is 6.79. The predicted molar refractivity (Wildman–Crippen MR) is 121 cm³/mol. The van der Waals surface area contributed by atoms with Gasteiger partial charge >= 0.3 is 0 Å². The van der Waals surface area contributed by atoms with E-state index in [9.17, 15) is 0 Å². The minimum Gasteiger partial charge on any atom is -0.385 e. The summed E-state index contributed by atoms with van der Waals surface area (Å²) in [7, 11) is 3.60. The fourth-order valence-corrected chi connectivity index (χ4v) is 3.77. The van der Waals surface area contributed by atoms with Gasteiger partial charge in [-0.15, -0.1) is 24.0 Å². The van der Waals surface area contributed by atoms with E-state index in [1.807, 2.05) is 7.05 Å². The third-order valence-corrected chi connectivity index (χ3v) is 5.31. The Morgan fingerprint density at radius 3 is 2.19 bits per heavy atom. The molecule has 1 saturated carbocycles. The Balaban J connectivity index is 0.00000364. The van der Waals surface area contributed by atoms with Crippen molar-refractivity contribution in [3.05, 3.63) is 0 Å². The lowest BCUT2D eigenvalue weighted by Gasteiger charge is -2.34. The molecular weight excluding hydrogens is 457 g/mol. The number of piperidine rings is 1. The maximum atomic E-state index is 5.99. The van der Waals surface area contributed by atoms with Crippen molar-refractivity contribution in [2.24, 2.45) is 4.99 Å². The van der Waals surface area contributed by atoms with Crippen LogP contribution in [-0.2, 0) is 14.2 Å². The van der Waals surface area contributed by atoms with Crippen LogP contribution in [-0.4, -0.2) is 76.7 Å². The topological polar surface area (TPSA) is 55.3 Å². The smallest absolute Gasteiger partial charge is 0.193 e. The normalized spacial score (nSPS) is 19.8. The average molecular weight is 497 g/mol. The Labute approximate surface area is 182 Å². The standard InChI is InChI=1S/C20H39N3O3.HI/c1-21-20(22-12-6-16-25-18-8-4-3-5-9-18)23-13-10-19(11-14-23)26-17-7-15-24-2;/h18-19H,3-17H2,1-2H3,(H,21,22);1H. The van der Waals surface area contributed by atoms with Gasteiger partial charge in [-0.25, -0.2) is 0 Å². The first kappa shape index (κ1) is 24.9. The Bertz CT molecular complexity index is 385. The Morgan fingerprint density at radius 1 is 0.926 bits per heavy atom. The first-order valence-corrected chi connectivity index (χ1v) is 10.5. The highest BCUT2D eigenvalue weighted by atomic mass is 127. The zero-order chi connectivity index (χ0) is 18.5. The summed E-state index contributed by atoms with van der Waals surface area (Å²) in [6.07, 6.45) is 11.6. The van der Waals surface area contributed by atoms with E-state index < -0.39 is 0 Å². The maximum Gasteiger partial charge on any atom is 0.193 e. The number of likely N-dealkylation sites (tertiary alicyclic amines) is 1. The molecule has 0 unspecified atom stereocenters. The molecule has 2 aliphatic rings. The van der Waals surface area contributed by atoms with E-state index in [2.05, 4.69) is 15.2 Å². The zero-order valence-corrected chi connectivity index (χ0v) is 19.6. The van der Waals surface area contributed by atoms with Crippen LogP contribution in [0.2, 0.25) is 0 Å². The second kappa shape index (κ2) is 15.8. The van der Waals surface area contributed by atoms with Crippen LogP contribution in [0, 0.1) is 0 Å². The molecule has 1 N–H and O–H groups in total. The molecule has 160 valence electrons. The van der Waals surface area contributed by atoms with Gasteiger partial charge in [0.15, 0.2) is 5.96 Å². The predicted octanol–water partition coefficient (Wildman–Crippen LogP) is 3.44. The van der Waals surface area contributed by atoms with E-state index in [4.69, 9.17) is 14.2 Å². The summed E-state index contributed by atoms with van der Waals surface area (Å²) in [6, 6.07) is 0. The number of halogens is 1. The number of hydrogen-bond acceptors (Lipinski definition) is 4. The molecule has 0 bridgehead atoms. The second-order valence-electron chi connectivity index (χ2n) is 7.36. The molecule has 0 spiro atoms. The van der Waals surface area contributed by atoms with Gasteiger partial charge < -0.3 is 24.4 Å². The van der Waals surface area contributed by atoms with Gasteiger partial charge in [-0.3, -0.25) is 4.99 Å². The van der Waals surface area contributed by atoms with Gasteiger partial charge in [0.05, 0.1) is 12.2 Å². The van der Waals surface area contributed by atoms with Crippen molar-refractivity contribution in [1.29, 1.82) is 0 Å². The van der Waals surface area contributed by atoms with E-state index in [1.165, 1.54) is 32.1 Å². The van der Waals surface area contributed by atoms with Gasteiger partial charge in [-0.1, -0.05) is 19.3 Å². The number of hydrogen-bond donors (Lipinski definition) is 1. The minimum absolute atomic E-state index is 0. The average Bonchev–Trinajstić information content (AvgIpc) is 2.69. The highest BCUT2D eigenvalue weighted by Gasteiger charge is 2.21. The summed E-state index contributed by atoms with van der Waals surface area (Å²) < 4.78 is 17.0. The van der Waals surface area contributed by atoms with Crippen LogP contribution < -0.4 is 5.32 Å². The fraction of sp³-hybridized carbons (Fsp3) is 0.950. The molecule has 0 aromatic carbocycles. The third kappa shape index (κ3) is 10.3. The fourth-order valence-electron chi connectivity index (χ4n) is 3.77. The van der Waals surface area contributed by atoms with E-state index in [1.54, 1.807) is 7.11 Å². The van der Waals surface area contributed by atoms with E-state index in [0.717, 1.165) is 71.1 Å². The third-order valence-electron chi connectivity index (χ3n) is 5.31. The van der Waals surface area contributed by atoms with Gasteiger partial charge in [0.2, 0.25) is 0 Å². The Kier molecular flexibility index (Phi) is 14.5. The lowest BCUT2D eigenvalue weighted by atomic mass is 9.98. The van der Waals surface area contributed by atoms with Gasteiger partial charge in [0.25, 0.3) is 0 Å². The quantitative estimate of drug-likeness (QED) is 0.217. The summed E-state index contributed by atoms with van der Waals surface area (Å²) in [6.45, 7) is 5.37. The number of methoxy groups -OCH3 is 1. The number of nitrogens with one attached hydrogen (secondary N) is 1. The van der Waals surface area contributed by atoms with E-state index in [0.29, 0.717) is 12.2 Å². The number of aliphatic imine (C=N–C) groups is 1. The van der Waals surface area contributed by atoms with Crippen LogP contribution in [0.4, 0.5) is 0 Å². The highest BCUT2D eigenvalue weighted by molar-refractivity contribution is 14.0. The number of nitrogens with zero attached hydrogens (tertiary/aromatic N) is 2. The first-order valence-electron chi connectivity index (χ1n) is 10.5. The molecule has 0 atom stereocenters. The minimum atomic E-state index is 0. The SMILES string of the molecule is CN=C(NCCCOC1CCCCC1)N1CCC(OCCCOC)CC1.I. The molecule has 1 heterocycles. The molecule has 1 aliphatic carbocycles. The van der Waals surface area contributed by atoms with Crippen molar-refractivity contribution in [3.8, 4) is 0 Å². The lowest BCUT2D eigenvalue weighted by molar-refractivity contribution is 0.00982. The van der Waals surface area contributed by atoms with Crippen LogP contribution in [0.25, 0.3) is 0 Å². The monoisotopic (exact) mass is 497 g/mol. The molecular formula is C20H40IN3O3. The Morgan fingerprint density at radius 2 is 1.56 bits per heavy atom. The molecule has 0 aromatic rings. The van der Waals surface area contributed by atoms with Crippen molar-refractivity contribution in [3.63, 3.8) is 0 Å². The summed E-state index contributed by atoms with van der Waals surface area (Å²) in [5.74, 6) is 1.01. The maximum absolute atomic E-state index is 5.99. The lowest BCUT2D eigenvalue weighted by Crippen LogP contribution is -2.47. The van der Waals surface area contributed by atoms with Crippen LogP contribution in [0.1, 0.15) is 57.8 Å². The molecule has 1 aliphatic heterocycles. The van der Waals surface area contributed by atoms with Crippen LogP contribution in [0.3, 0.4) is 0 Å². The van der Waals surface area contributed by atoms with E-state index in [-0.39, 0.29) is 24.0 Å². The molecule has 0 radical (unpaired) electrons. The van der Waals surface area contributed by atoms with Crippen LogP contribution in [0.5, 0.6) is 0 Å². The van der Waals surface area contributed by atoms with Crippen LogP contribution in [0.15, 0.2) is 4.99 Å². The molecule has 27 heavy (non-hydrogen) atoms. The number of ether oxygens (including phenoxy) is 3. The molecule has 0 amide bonds. The van der Waals surface area contributed by atoms with Crippen molar-refractivity contribution in [1.82, 2.24) is 10.2 Å². The van der Waals surface area contributed by atoms with Gasteiger partial charge in [0.1, 0.15) is 0 Å². The van der Waals surface area contributed by atoms with Crippen molar-refractivity contribution < 1.29 is 14.2 Å². The van der Waals surface area contributed by atoms with Gasteiger partial charge in [-0.2, -0.15) is 0 Å². The zero-order valence-electron chi connectivity index (χ0n) is 17.3. The first-order chi connectivity index (χ1) is 12.8. The van der Waals surface area contributed by atoms with Crippen molar-refractivity contribution >= 4 is 29.9 Å². The largest absolute Gasteiger partial charge is 0.385 e. The molecule has 0 aromatic heterocycles. The molecule has 2 fully saturated rings. The van der Waals surface area contributed by atoms with Crippen molar-refractivity contribution in [2.45, 2.75) is 70.0 Å². The van der Waals surface area contributed by atoms with Crippen LogP contribution >= 0.6 is 24.0 Å². The number of guanidine groups is 1. The Hall–Kier alpha value is -0.120. The second-order valence-corrected chi connectivity index (χ2v) is 7.36. The number of rotatable bonds is 10. The molecule has 1 saturated heterocycles. The van der Waals surface area contributed by atoms with Gasteiger partial charge in [0, 0.05) is 53.6 Å². The summed E-state index contributed by atoms with van der Waals surface area (Å²) in [5.41, 5.74) is 0. The van der Waals surface area contributed by atoms with Gasteiger partial charge in [-0.05, 0) is 38.5 Å². The van der Waals surface area contributed by atoms with Crippen molar-refractivity contribution in [2.75, 3.05) is 53.6 Å². The molecule has 2 rings (SSSR count). The molecule has 7 heteroatoms. The summed E-state index contributed by atoms with van der Waals surface area (Å²) in [5, 5.41) is 3.49.